The zero-order valence-corrected chi connectivity index (χ0v) is 29.6. The molecule has 284 valence electrons. The summed E-state index contributed by atoms with van der Waals surface area (Å²) in [5.74, 6) is -4.59. The highest BCUT2D eigenvalue weighted by molar-refractivity contribution is 5.96. The van der Waals surface area contributed by atoms with Gasteiger partial charge in [-0.05, 0) is 94.5 Å². The maximum atomic E-state index is 13.9. The standard InChI is InChI=1S/C35H56N8O8/c1-21(2)19-29(35(50)51)43-34(49)28(20-22-13-15-23(44)16-14-22)42-33(48)26-10-4-3-9-24(38)30(45)39-25(11-5-7-17-36)31(46)41-27(32(47)40-26)12-6-8-18-37/h3-4,13-16,21,24-29,44H,5-12,17-20,36-38H2,1-2H3,(H,39,45)(H,40,47)(H,41,46)(H,42,48)(H,43,49)(H,50,51)/b4-3+/t24-,25-,26-,27-,28+,29-/m0/s1. The van der Waals surface area contributed by atoms with Crippen molar-refractivity contribution in [1.82, 2.24) is 26.6 Å². The molecule has 6 atom stereocenters. The van der Waals surface area contributed by atoms with E-state index in [9.17, 15) is 39.0 Å². The highest BCUT2D eigenvalue weighted by atomic mass is 16.4. The molecule has 5 amide bonds. The van der Waals surface area contributed by atoms with Gasteiger partial charge in [0.15, 0.2) is 0 Å². The van der Waals surface area contributed by atoms with E-state index in [1.807, 2.05) is 13.8 Å². The van der Waals surface area contributed by atoms with Crippen molar-refractivity contribution in [3.8, 4) is 5.75 Å². The van der Waals surface area contributed by atoms with E-state index in [-0.39, 0.29) is 50.2 Å². The zero-order valence-electron chi connectivity index (χ0n) is 29.6. The second kappa shape index (κ2) is 22.3. The number of unbranched alkanes of at least 4 members (excludes halogenated alkanes) is 2. The summed E-state index contributed by atoms with van der Waals surface area (Å²) in [5, 5.41) is 32.8. The summed E-state index contributed by atoms with van der Waals surface area (Å²) in [6.45, 7) is 4.39. The predicted molar refractivity (Wildman–Crippen MR) is 191 cm³/mol. The molecule has 0 bridgehead atoms. The lowest BCUT2D eigenvalue weighted by atomic mass is 10.0. The first-order valence-electron chi connectivity index (χ1n) is 17.6. The minimum atomic E-state index is -1.27. The van der Waals surface area contributed by atoms with Crippen molar-refractivity contribution in [2.24, 2.45) is 23.1 Å². The van der Waals surface area contributed by atoms with E-state index in [4.69, 9.17) is 17.2 Å². The average Bonchev–Trinajstić information content (AvgIpc) is 3.08. The number of carboxylic acid groups (broad SMARTS) is 1. The van der Waals surface area contributed by atoms with Crippen LogP contribution < -0.4 is 43.8 Å². The molecule has 0 aliphatic carbocycles. The first kappa shape index (κ1) is 42.6. The number of rotatable bonds is 17. The van der Waals surface area contributed by atoms with Gasteiger partial charge >= 0.3 is 5.97 Å². The number of phenolic OH excluding ortho intramolecular Hbond substituents is 1. The summed E-state index contributed by atoms with van der Waals surface area (Å²) in [7, 11) is 0. The molecular formula is C35H56N8O8. The normalized spacial score (nSPS) is 22.0. The number of aromatic hydroxyl groups is 1. The largest absolute Gasteiger partial charge is 0.508 e. The van der Waals surface area contributed by atoms with Crippen molar-refractivity contribution in [1.29, 1.82) is 0 Å². The van der Waals surface area contributed by atoms with Crippen LogP contribution in [0.3, 0.4) is 0 Å². The Bertz CT molecular complexity index is 1340. The quantitative estimate of drug-likeness (QED) is 0.0719. The third-order valence-electron chi connectivity index (χ3n) is 8.39. The van der Waals surface area contributed by atoms with Gasteiger partial charge in [0.2, 0.25) is 29.5 Å². The van der Waals surface area contributed by atoms with Crippen LogP contribution in [-0.4, -0.2) is 95.1 Å². The molecule has 16 nitrogen and oxygen atoms in total. The summed E-state index contributed by atoms with van der Waals surface area (Å²) in [6.07, 6.45) is 5.95. The van der Waals surface area contributed by atoms with Gasteiger partial charge in [-0.1, -0.05) is 38.1 Å². The van der Waals surface area contributed by atoms with E-state index in [1.54, 1.807) is 24.3 Å². The Hall–Kier alpha value is -4.54. The van der Waals surface area contributed by atoms with Crippen LogP contribution in [0.1, 0.15) is 77.2 Å². The van der Waals surface area contributed by atoms with Gasteiger partial charge < -0.3 is 54.0 Å². The van der Waals surface area contributed by atoms with Crippen LogP contribution in [0.4, 0.5) is 0 Å². The Morgan fingerprint density at radius 3 is 1.90 bits per heavy atom. The van der Waals surface area contributed by atoms with Crippen LogP contribution in [0, 0.1) is 5.92 Å². The van der Waals surface area contributed by atoms with Gasteiger partial charge in [0, 0.05) is 6.42 Å². The smallest absolute Gasteiger partial charge is 0.326 e. The first-order chi connectivity index (χ1) is 24.2. The molecule has 1 aliphatic heterocycles. The van der Waals surface area contributed by atoms with E-state index in [0.717, 1.165) is 0 Å². The molecule has 0 saturated heterocycles. The van der Waals surface area contributed by atoms with Crippen LogP contribution >= 0.6 is 0 Å². The van der Waals surface area contributed by atoms with Crippen LogP contribution in [-0.2, 0) is 35.2 Å². The second-order valence-corrected chi connectivity index (χ2v) is 13.3. The fourth-order valence-corrected chi connectivity index (χ4v) is 5.47. The van der Waals surface area contributed by atoms with Crippen molar-refractivity contribution in [3.63, 3.8) is 0 Å². The van der Waals surface area contributed by atoms with Crippen LogP contribution in [0.25, 0.3) is 0 Å². The fraction of sp³-hybridized carbons (Fsp3) is 0.600. The van der Waals surface area contributed by atoms with E-state index in [1.165, 1.54) is 12.1 Å². The molecule has 1 aromatic carbocycles. The predicted octanol–water partition coefficient (Wildman–Crippen LogP) is -0.575. The lowest BCUT2D eigenvalue weighted by Crippen LogP contribution is -2.59. The summed E-state index contributed by atoms with van der Waals surface area (Å²) < 4.78 is 0. The van der Waals surface area contributed by atoms with Crippen LogP contribution in [0.15, 0.2) is 36.4 Å². The third kappa shape index (κ3) is 15.5. The molecule has 1 heterocycles. The topological polar surface area (TPSA) is 281 Å². The Balaban J connectivity index is 2.43. The molecular weight excluding hydrogens is 660 g/mol. The van der Waals surface area contributed by atoms with Crippen molar-refractivity contribution in [3.05, 3.63) is 42.0 Å². The highest BCUT2D eigenvalue weighted by Gasteiger charge is 2.33. The number of benzene rings is 1. The number of nitrogens with two attached hydrogens (primary N) is 3. The Labute approximate surface area is 299 Å². The van der Waals surface area contributed by atoms with Crippen molar-refractivity contribution < 1.29 is 39.0 Å². The summed E-state index contributed by atoms with van der Waals surface area (Å²) >= 11 is 0. The Morgan fingerprint density at radius 1 is 0.804 bits per heavy atom. The number of carbonyl (C=O) groups is 6. The van der Waals surface area contributed by atoms with Gasteiger partial charge in [-0.15, -0.1) is 0 Å². The maximum Gasteiger partial charge on any atom is 0.326 e. The van der Waals surface area contributed by atoms with Gasteiger partial charge in [-0.25, -0.2) is 4.79 Å². The second-order valence-electron chi connectivity index (χ2n) is 13.3. The van der Waals surface area contributed by atoms with Crippen molar-refractivity contribution >= 4 is 35.5 Å². The molecule has 1 aromatic rings. The molecule has 0 unspecified atom stereocenters. The number of hydrogen-bond donors (Lipinski definition) is 10. The first-order valence-corrected chi connectivity index (χ1v) is 17.6. The van der Waals surface area contributed by atoms with Gasteiger partial charge in [0.1, 0.15) is 36.0 Å². The summed E-state index contributed by atoms with van der Waals surface area (Å²) in [6, 6.07) is -0.820. The number of nitrogens with one attached hydrogen (secondary N) is 5. The molecule has 0 spiro atoms. The molecule has 13 N–H and O–H groups in total. The molecule has 16 heteroatoms. The van der Waals surface area contributed by atoms with Gasteiger partial charge in [0.05, 0.1) is 6.04 Å². The van der Waals surface area contributed by atoms with Crippen LogP contribution in [0.2, 0.25) is 0 Å². The zero-order chi connectivity index (χ0) is 37.9. The lowest BCUT2D eigenvalue weighted by molar-refractivity contribution is -0.142. The van der Waals surface area contributed by atoms with E-state index >= 15 is 0 Å². The molecule has 51 heavy (non-hydrogen) atoms. The Morgan fingerprint density at radius 2 is 1.35 bits per heavy atom. The average molecular weight is 717 g/mol. The van der Waals surface area contributed by atoms with Crippen LogP contribution in [0.5, 0.6) is 5.75 Å². The number of aliphatic carboxylic acids is 1. The molecule has 0 aromatic heterocycles. The van der Waals surface area contributed by atoms with Gasteiger partial charge in [-0.3, -0.25) is 24.0 Å². The van der Waals surface area contributed by atoms with Crippen molar-refractivity contribution in [2.45, 2.75) is 114 Å². The number of carboxylic acids is 1. The summed E-state index contributed by atoms with van der Waals surface area (Å²) in [5.41, 5.74) is 18.0. The molecule has 0 fully saturated rings. The van der Waals surface area contributed by atoms with Crippen molar-refractivity contribution in [2.75, 3.05) is 13.1 Å². The number of phenols is 1. The Kier molecular flexibility index (Phi) is 18.7. The van der Waals surface area contributed by atoms with Gasteiger partial charge in [0.25, 0.3) is 0 Å². The molecule has 0 saturated carbocycles. The van der Waals surface area contributed by atoms with Gasteiger partial charge in [-0.2, -0.15) is 0 Å². The third-order valence-corrected chi connectivity index (χ3v) is 8.39. The fourth-order valence-electron chi connectivity index (χ4n) is 5.47. The maximum absolute atomic E-state index is 13.9. The van der Waals surface area contributed by atoms with E-state index < -0.39 is 71.8 Å². The highest BCUT2D eigenvalue weighted by Crippen LogP contribution is 2.14. The minimum Gasteiger partial charge on any atom is -0.508 e. The molecule has 0 radical (unpaired) electrons. The molecule has 1 aliphatic rings. The van der Waals surface area contributed by atoms with E-state index in [2.05, 4.69) is 26.6 Å². The van der Waals surface area contributed by atoms with E-state index in [0.29, 0.717) is 44.3 Å². The summed E-state index contributed by atoms with van der Waals surface area (Å²) in [4.78, 5) is 79.5. The number of amides is 5. The number of hydrogen-bond acceptors (Lipinski definition) is 10. The molecule has 2 rings (SSSR count). The number of carbonyl (C=O) groups excluding carboxylic acids is 5. The SMILES string of the molecule is CC(C)C[C@H](NC(=O)[C@@H](Cc1ccc(O)cc1)NC(=O)[C@@H]1C/C=C/C[C@H](N)C(=O)N[C@@H](CCCCN)C(=O)N[C@@H](CCCCN)C(=O)N1)C(=O)O. The monoisotopic (exact) mass is 716 g/mol. The lowest BCUT2D eigenvalue weighted by Gasteiger charge is -2.27. The minimum absolute atomic E-state index is 0.00641.